The van der Waals surface area contributed by atoms with Crippen LogP contribution in [0.15, 0.2) is 12.1 Å². The lowest BCUT2D eigenvalue weighted by Crippen LogP contribution is -2.14. The van der Waals surface area contributed by atoms with Crippen molar-refractivity contribution >= 4 is 5.97 Å². The molecule has 0 aromatic heterocycles. The Labute approximate surface area is 172 Å². The number of hydrogen-bond acceptors (Lipinski definition) is 3. The fourth-order valence-electron chi connectivity index (χ4n) is 3.52. The van der Waals surface area contributed by atoms with Gasteiger partial charge < -0.3 is 9.84 Å². The lowest BCUT2D eigenvalue weighted by Gasteiger charge is -2.22. The first kappa shape index (κ1) is 24.5. The van der Waals surface area contributed by atoms with Gasteiger partial charge in [-0.05, 0) is 35.4 Å². The van der Waals surface area contributed by atoms with Crippen LogP contribution in [0.5, 0.6) is 5.75 Å². The van der Waals surface area contributed by atoms with E-state index in [0.717, 1.165) is 29.5 Å². The summed E-state index contributed by atoms with van der Waals surface area (Å²) in [5.74, 6) is 0.149. The van der Waals surface area contributed by atoms with Crippen LogP contribution in [0.2, 0.25) is 0 Å². The van der Waals surface area contributed by atoms with Gasteiger partial charge in [0.2, 0.25) is 0 Å². The van der Waals surface area contributed by atoms with E-state index < -0.39 is 0 Å². The maximum atomic E-state index is 12.1. The van der Waals surface area contributed by atoms with Crippen LogP contribution in [-0.2, 0) is 21.4 Å². The number of ether oxygens (including phenoxy) is 1. The molecule has 0 saturated heterocycles. The van der Waals surface area contributed by atoms with Gasteiger partial charge in [-0.2, -0.15) is 0 Å². The number of aryl methyl sites for hydroxylation is 1. The molecule has 0 aliphatic rings. The SMILES string of the molecule is CCCCCCCCCCCCOC(=O)Cc1cc(C)c(O)c(C(C)(C)C)c1. The number of benzene rings is 1. The van der Waals surface area contributed by atoms with Gasteiger partial charge >= 0.3 is 5.97 Å². The van der Waals surface area contributed by atoms with Gasteiger partial charge in [0, 0.05) is 0 Å². The van der Waals surface area contributed by atoms with E-state index in [-0.39, 0.29) is 17.8 Å². The van der Waals surface area contributed by atoms with Crippen LogP contribution in [0, 0.1) is 6.92 Å². The van der Waals surface area contributed by atoms with Gasteiger partial charge in [-0.1, -0.05) is 97.6 Å². The Bertz CT molecular complexity index is 584. The summed E-state index contributed by atoms with van der Waals surface area (Å²) in [6, 6.07) is 3.82. The number of hydrogen-bond donors (Lipinski definition) is 1. The van der Waals surface area contributed by atoms with Crippen molar-refractivity contribution in [3.63, 3.8) is 0 Å². The molecule has 0 saturated carbocycles. The molecule has 0 fully saturated rings. The van der Waals surface area contributed by atoms with Crippen molar-refractivity contribution in [1.29, 1.82) is 0 Å². The third kappa shape index (κ3) is 9.61. The smallest absolute Gasteiger partial charge is 0.310 e. The maximum absolute atomic E-state index is 12.1. The van der Waals surface area contributed by atoms with E-state index in [2.05, 4.69) is 27.7 Å². The first-order chi connectivity index (χ1) is 13.3. The molecule has 160 valence electrons. The third-order valence-electron chi connectivity index (χ3n) is 5.28. The molecule has 0 bridgehead atoms. The largest absolute Gasteiger partial charge is 0.507 e. The Kier molecular flexibility index (Phi) is 11.3. The van der Waals surface area contributed by atoms with Crippen LogP contribution in [0.3, 0.4) is 0 Å². The second kappa shape index (κ2) is 12.9. The van der Waals surface area contributed by atoms with E-state index in [1.807, 2.05) is 19.1 Å². The number of esters is 1. The molecule has 0 radical (unpaired) electrons. The van der Waals surface area contributed by atoms with Crippen LogP contribution in [-0.4, -0.2) is 17.7 Å². The molecule has 0 atom stereocenters. The number of carbonyl (C=O) groups excluding carboxylic acids is 1. The first-order valence-electron chi connectivity index (χ1n) is 11.2. The first-order valence-corrected chi connectivity index (χ1v) is 11.2. The number of phenolic OH excluding ortho intramolecular Hbond substituents is 1. The Hall–Kier alpha value is -1.51. The summed E-state index contributed by atoms with van der Waals surface area (Å²) in [5.41, 5.74) is 2.44. The molecule has 0 heterocycles. The van der Waals surface area contributed by atoms with Gasteiger partial charge in [-0.15, -0.1) is 0 Å². The fourth-order valence-corrected chi connectivity index (χ4v) is 3.52. The van der Waals surface area contributed by atoms with Crippen LogP contribution < -0.4 is 0 Å². The lowest BCUT2D eigenvalue weighted by molar-refractivity contribution is -0.142. The van der Waals surface area contributed by atoms with E-state index in [1.54, 1.807) is 0 Å². The number of phenols is 1. The highest BCUT2D eigenvalue weighted by Crippen LogP contribution is 2.34. The van der Waals surface area contributed by atoms with E-state index in [0.29, 0.717) is 12.4 Å². The van der Waals surface area contributed by atoms with Crippen molar-refractivity contribution in [2.24, 2.45) is 0 Å². The molecule has 1 aromatic rings. The molecule has 1 aromatic carbocycles. The normalized spacial score (nSPS) is 11.6. The Balaban J connectivity index is 2.23. The molecule has 0 unspecified atom stereocenters. The average molecular weight is 391 g/mol. The van der Waals surface area contributed by atoms with E-state index >= 15 is 0 Å². The summed E-state index contributed by atoms with van der Waals surface area (Å²) in [6.07, 6.45) is 13.0. The minimum atomic E-state index is -0.180. The lowest BCUT2D eigenvalue weighted by atomic mass is 9.84. The van der Waals surface area contributed by atoms with E-state index in [4.69, 9.17) is 4.74 Å². The molecule has 0 aliphatic carbocycles. The van der Waals surface area contributed by atoms with Crippen molar-refractivity contribution in [3.05, 3.63) is 28.8 Å². The third-order valence-corrected chi connectivity index (χ3v) is 5.28. The topological polar surface area (TPSA) is 46.5 Å². The standard InChI is InChI=1S/C25H42O3/c1-6-7-8-9-10-11-12-13-14-15-16-28-23(26)19-21-17-20(2)24(27)22(18-21)25(3,4)5/h17-18,27H,6-16,19H2,1-5H3. The number of unbranched alkanes of at least 4 members (excludes halogenated alkanes) is 9. The summed E-state index contributed by atoms with van der Waals surface area (Å²) in [5, 5.41) is 10.3. The summed E-state index contributed by atoms with van der Waals surface area (Å²) in [4.78, 5) is 12.1. The predicted octanol–water partition coefficient (Wildman–Crippen LogP) is 7.00. The molecule has 1 N–H and O–H groups in total. The van der Waals surface area contributed by atoms with Gasteiger partial charge in [0.05, 0.1) is 13.0 Å². The van der Waals surface area contributed by atoms with Crippen LogP contribution in [0.4, 0.5) is 0 Å². The Morgan fingerprint density at radius 1 is 0.929 bits per heavy atom. The van der Waals surface area contributed by atoms with Crippen molar-refractivity contribution < 1.29 is 14.6 Å². The Morgan fingerprint density at radius 3 is 2.00 bits per heavy atom. The van der Waals surface area contributed by atoms with Crippen molar-refractivity contribution in [2.45, 2.75) is 111 Å². The molecule has 0 spiro atoms. The molecule has 1 rings (SSSR count). The van der Waals surface area contributed by atoms with Crippen molar-refractivity contribution in [2.75, 3.05) is 6.61 Å². The summed E-state index contributed by atoms with van der Waals surface area (Å²) in [7, 11) is 0. The average Bonchev–Trinajstić information content (AvgIpc) is 2.61. The molecule has 3 heteroatoms. The monoisotopic (exact) mass is 390 g/mol. The zero-order valence-electron chi connectivity index (χ0n) is 18.9. The maximum Gasteiger partial charge on any atom is 0.310 e. The van der Waals surface area contributed by atoms with E-state index in [9.17, 15) is 9.90 Å². The second-order valence-electron chi connectivity index (χ2n) is 9.14. The van der Waals surface area contributed by atoms with Gasteiger partial charge in [0.25, 0.3) is 0 Å². The minimum Gasteiger partial charge on any atom is -0.507 e. The number of aromatic hydroxyl groups is 1. The van der Waals surface area contributed by atoms with E-state index in [1.165, 1.54) is 51.4 Å². The minimum absolute atomic E-state index is 0.162. The molecule has 0 aliphatic heterocycles. The van der Waals surface area contributed by atoms with Gasteiger partial charge in [-0.3, -0.25) is 4.79 Å². The summed E-state index contributed by atoms with van der Waals surface area (Å²) < 4.78 is 5.41. The van der Waals surface area contributed by atoms with Gasteiger partial charge in [0.1, 0.15) is 5.75 Å². The summed E-state index contributed by atoms with van der Waals surface area (Å²) >= 11 is 0. The van der Waals surface area contributed by atoms with Crippen LogP contribution >= 0.6 is 0 Å². The zero-order chi connectivity index (χ0) is 21.0. The second-order valence-corrected chi connectivity index (χ2v) is 9.14. The van der Waals surface area contributed by atoms with Gasteiger partial charge in [-0.25, -0.2) is 0 Å². The molecule has 28 heavy (non-hydrogen) atoms. The zero-order valence-corrected chi connectivity index (χ0v) is 18.9. The summed E-state index contributed by atoms with van der Waals surface area (Å²) in [6.45, 7) is 10.8. The number of carbonyl (C=O) groups is 1. The van der Waals surface area contributed by atoms with Crippen LogP contribution in [0.1, 0.15) is 109 Å². The molecular weight excluding hydrogens is 348 g/mol. The van der Waals surface area contributed by atoms with Crippen LogP contribution in [0.25, 0.3) is 0 Å². The Morgan fingerprint density at radius 2 is 1.46 bits per heavy atom. The molecule has 0 amide bonds. The highest BCUT2D eigenvalue weighted by molar-refractivity contribution is 5.73. The quantitative estimate of drug-likeness (QED) is 0.291. The van der Waals surface area contributed by atoms with Gasteiger partial charge in [0.15, 0.2) is 0 Å². The molecule has 3 nitrogen and oxygen atoms in total. The molecular formula is C25H42O3. The highest BCUT2D eigenvalue weighted by atomic mass is 16.5. The van der Waals surface area contributed by atoms with Crippen molar-refractivity contribution in [1.82, 2.24) is 0 Å². The highest BCUT2D eigenvalue weighted by Gasteiger charge is 2.21. The fraction of sp³-hybridized carbons (Fsp3) is 0.720. The predicted molar refractivity (Wildman–Crippen MR) is 118 cm³/mol. The van der Waals surface area contributed by atoms with Crippen molar-refractivity contribution in [3.8, 4) is 5.75 Å². The number of rotatable bonds is 13.